The molecule has 7 heteroatoms. The lowest BCUT2D eigenvalue weighted by Crippen LogP contribution is -2.03. The van der Waals surface area contributed by atoms with Crippen LogP contribution >= 0.6 is 0 Å². The van der Waals surface area contributed by atoms with Crippen LogP contribution in [0.4, 0.5) is 0 Å². The molecule has 4 N–H and O–H groups in total. The molecule has 2 aromatic carbocycles. The normalized spacial score (nSPS) is 12.9. The van der Waals surface area contributed by atoms with Gasteiger partial charge in [0.25, 0.3) is 0 Å². The average molecular weight is 378 g/mol. The van der Waals surface area contributed by atoms with Crippen LogP contribution in [0.2, 0.25) is 0 Å². The highest BCUT2D eigenvalue weighted by atomic mass is 16.4. The number of carbonyl (C=O) groups excluding carboxylic acids is 1. The lowest BCUT2D eigenvalue weighted by Gasteiger charge is -2.15. The van der Waals surface area contributed by atoms with Gasteiger partial charge in [-0.3, -0.25) is 4.79 Å². The summed E-state index contributed by atoms with van der Waals surface area (Å²) in [5.41, 5.74) is 1.08. The maximum atomic E-state index is 11.5. The summed E-state index contributed by atoms with van der Waals surface area (Å²) in [6.45, 7) is 0. The Morgan fingerprint density at radius 3 is 1.50 bits per heavy atom. The quantitative estimate of drug-likeness (QED) is 0.643. The van der Waals surface area contributed by atoms with Crippen LogP contribution in [0.1, 0.15) is 31.8 Å². The first-order chi connectivity index (χ1) is 13.3. The lowest BCUT2D eigenvalue weighted by molar-refractivity contribution is -0.110. The molecule has 0 amide bonds. The molecule has 1 aliphatic rings. The van der Waals surface area contributed by atoms with Crippen molar-refractivity contribution in [3.05, 3.63) is 88.5 Å². The third-order valence-electron chi connectivity index (χ3n) is 4.17. The van der Waals surface area contributed by atoms with Crippen molar-refractivity contribution in [1.29, 1.82) is 0 Å². The minimum Gasteiger partial charge on any atom is -0.507 e. The molecule has 0 aliphatic heterocycles. The van der Waals surface area contributed by atoms with Crippen molar-refractivity contribution in [2.45, 2.75) is 0 Å². The number of aromatic carboxylic acids is 2. The van der Waals surface area contributed by atoms with E-state index in [1.165, 1.54) is 60.7 Å². The van der Waals surface area contributed by atoms with Crippen LogP contribution in [0, 0.1) is 0 Å². The summed E-state index contributed by atoms with van der Waals surface area (Å²) in [5.74, 6) is -3.71. The number of aromatic hydroxyl groups is 2. The molecule has 0 saturated heterocycles. The van der Waals surface area contributed by atoms with Crippen LogP contribution in [0.25, 0.3) is 5.57 Å². The van der Waals surface area contributed by atoms with E-state index in [4.69, 9.17) is 0 Å². The van der Waals surface area contributed by atoms with Gasteiger partial charge < -0.3 is 20.4 Å². The van der Waals surface area contributed by atoms with Gasteiger partial charge in [0.05, 0.1) is 0 Å². The molecule has 0 radical (unpaired) electrons. The second kappa shape index (κ2) is 7.24. The van der Waals surface area contributed by atoms with Gasteiger partial charge in [0.2, 0.25) is 0 Å². The van der Waals surface area contributed by atoms with E-state index in [2.05, 4.69) is 0 Å². The van der Waals surface area contributed by atoms with Crippen LogP contribution in [0.5, 0.6) is 11.5 Å². The summed E-state index contributed by atoms with van der Waals surface area (Å²) in [4.78, 5) is 34.2. The number of benzene rings is 2. The number of carbonyl (C=O) groups is 3. The Balaban J connectivity index is 2.30. The van der Waals surface area contributed by atoms with Gasteiger partial charge in [-0.25, -0.2) is 9.59 Å². The van der Waals surface area contributed by atoms with E-state index in [9.17, 15) is 34.8 Å². The number of carboxylic acid groups (broad SMARTS) is 2. The number of hydrogen-bond donors (Lipinski definition) is 4. The van der Waals surface area contributed by atoms with Gasteiger partial charge in [0, 0.05) is 0 Å². The Kier molecular flexibility index (Phi) is 4.82. The van der Waals surface area contributed by atoms with E-state index in [0.717, 1.165) is 0 Å². The van der Waals surface area contributed by atoms with E-state index >= 15 is 0 Å². The number of hydrogen-bond acceptors (Lipinski definition) is 5. The first-order valence-corrected chi connectivity index (χ1v) is 8.05. The molecule has 2 aromatic rings. The number of rotatable bonds is 4. The zero-order chi connectivity index (χ0) is 20.4. The van der Waals surface area contributed by atoms with Gasteiger partial charge in [0.1, 0.15) is 22.6 Å². The summed E-state index contributed by atoms with van der Waals surface area (Å²) in [7, 11) is 0. The van der Waals surface area contributed by atoms with Crippen molar-refractivity contribution in [3.63, 3.8) is 0 Å². The highest BCUT2D eigenvalue weighted by Gasteiger charge is 2.18. The van der Waals surface area contributed by atoms with Crippen molar-refractivity contribution in [2.24, 2.45) is 0 Å². The summed E-state index contributed by atoms with van der Waals surface area (Å²) in [5, 5.41) is 38.1. The largest absolute Gasteiger partial charge is 0.507 e. The highest BCUT2D eigenvalue weighted by Crippen LogP contribution is 2.34. The fourth-order valence-electron chi connectivity index (χ4n) is 2.85. The SMILES string of the molecule is O=C1C=CC(=C(c2ccc(O)c(C(=O)O)c2)c2ccc(O)c(C(=O)O)c2)C=C1. The van der Waals surface area contributed by atoms with Gasteiger partial charge in [-0.15, -0.1) is 0 Å². The predicted octanol–water partition coefficient (Wildman–Crippen LogP) is 2.99. The topological polar surface area (TPSA) is 132 Å². The first kappa shape index (κ1) is 18.7. The van der Waals surface area contributed by atoms with Gasteiger partial charge in [0.15, 0.2) is 5.78 Å². The summed E-state index contributed by atoms with van der Waals surface area (Å²) in [6.07, 6.45) is 5.70. The van der Waals surface area contributed by atoms with Crippen LogP contribution in [-0.4, -0.2) is 38.1 Å². The minimum absolute atomic E-state index is 0.225. The monoisotopic (exact) mass is 378 g/mol. The molecule has 0 atom stereocenters. The maximum Gasteiger partial charge on any atom is 0.339 e. The molecule has 0 saturated carbocycles. The van der Waals surface area contributed by atoms with Crippen LogP contribution in [0.3, 0.4) is 0 Å². The first-order valence-electron chi connectivity index (χ1n) is 8.05. The fourth-order valence-corrected chi connectivity index (χ4v) is 2.85. The van der Waals surface area contributed by atoms with E-state index < -0.39 is 23.4 Å². The Labute approximate surface area is 158 Å². The van der Waals surface area contributed by atoms with Gasteiger partial charge in [-0.2, -0.15) is 0 Å². The van der Waals surface area contributed by atoms with E-state index in [0.29, 0.717) is 22.3 Å². The number of carboxylic acids is 2. The van der Waals surface area contributed by atoms with Crippen LogP contribution in [0.15, 0.2) is 66.3 Å². The molecule has 0 aromatic heterocycles. The molecule has 0 heterocycles. The lowest BCUT2D eigenvalue weighted by atomic mass is 9.89. The zero-order valence-electron chi connectivity index (χ0n) is 14.3. The van der Waals surface area contributed by atoms with Gasteiger partial charge in [-0.05, 0) is 58.7 Å². The van der Waals surface area contributed by atoms with Gasteiger partial charge >= 0.3 is 11.9 Å². The van der Waals surface area contributed by atoms with Crippen LogP contribution < -0.4 is 0 Å². The van der Waals surface area contributed by atoms with Crippen molar-refractivity contribution < 1.29 is 34.8 Å². The summed E-state index contributed by atoms with van der Waals surface area (Å²) < 4.78 is 0. The third-order valence-corrected chi connectivity index (χ3v) is 4.17. The molecule has 3 rings (SSSR count). The molecule has 0 fully saturated rings. The number of phenols is 2. The molecule has 1 aliphatic carbocycles. The Morgan fingerprint density at radius 2 is 1.11 bits per heavy atom. The minimum atomic E-state index is -1.33. The molecular formula is C21H14O7. The molecule has 0 spiro atoms. The summed E-state index contributed by atoms with van der Waals surface area (Å²) >= 11 is 0. The molecule has 0 bridgehead atoms. The third kappa shape index (κ3) is 3.54. The molecule has 7 nitrogen and oxygen atoms in total. The Bertz CT molecular complexity index is 1020. The van der Waals surface area contributed by atoms with E-state index in [-0.39, 0.29) is 16.9 Å². The number of allylic oxidation sites excluding steroid dienone is 5. The second-order valence-corrected chi connectivity index (χ2v) is 5.97. The number of ketones is 1. The van der Waals surface area contributed by atoms with Crippen molar-refractivity contribution >= 4 is 23.3 Å². The van der Waals surface area contributed by atoms with Crippen molar-refractivity contribution in [3.8, 4) is 11.5 Å². The molecule has 140 valence electrons. The van der Waals surface area contributed by atoms with E-state index in [1.807, 2.05) is 0 Å². The molecular weight excluding hydrogens is 364 g/mol. The molecule has 28 heavy (non-hydrogen) atoms. The second-order valence-electron chi connectivity index (χ2n) is 5.97. The Hall–Kier alpha value is -4.13. The average Bonchev–Trinajstić information content (AvgIpc) is 2.65. The standard InChI is InChI=1S/C21H14O7/c22-14-5-1-11(2-6-14)19(12-3-7-17(23)15(9-12)20(25)26)13-4-8-18(24)16(10-13)21(27)28/h1-10,23-24H,(H,25,26)(H,27,28). The van der Waals surface area contributed by atoms with Crippen molar-refractivity contribution in [1.82, 2.24) is 0 Å². The highest BCUT2D eigenvalue weighted by molar-refractivity contribution is 6.03. The Morgan fingerprint density at radius 1 is 0.679 bits per heavy atom. The smallest absolute Gasteiger partial charge is 0.339 e. The van der Waals surface area contributed by atoms with Gasteiger partial charge in [-0.1, -0.05) is 24.3 Å². The van der Waals surface area contributed by atoms with E-state index in [1.54, 1.807) is 0 Å². The summed E-state index contributed by atoms with van der Waals surface area (Å²) in [6, 6.07) is 7.92. The fraction of sp³-hybridized carbons (Fsp3) is 0. The zero-order valence-corrected chi connectivity index (χ0v) is 14.3. The maximum absolute atomic E-state index is 11.5. The van der Waals surface area contributed by atoms with Crippen molar-refractivity contribution in [2.75, 3.05) is 0 Å². The predicted molar refractivity (Wildman–Crippen MR) is 99.4 cm³/mol. The molecule has 0 unspecified atom stereocenters. The van der Waals surface area contributed by atoms with Crippen LogP contribution in [-0.2, 0) is 4.79 Å².